The van der Waals surface area contributed by atoms with Crippen molar-refractivity contribution in [3.05, 3.63) is 75.0 Å². The second kappa shape index (κ2) is 7.71. The predicted octanol–water partition coefficient (Wildman–Crippen LogP) is 4.04. The van der Waals surface area contributed by atoms with Gasteiger partial charge in [-0.3, -0.25) is 9.59 Å². The summed E-state index contributed by atoms with van der Waals surface area (Å²) in [6.07, 6.45) is -0.152. The van der Waals surface area contributed by atoms with Crippen LogP contribution >= 0.6 is 11.3 Å². The Morgan fingerprint density at radius 2 is 1.93 bits per heavy atom. The average Bonchev–Trinajstić information content (AvgIpc) is 3.13. The molecule has 0 amide bonds. The molecule has 0 saturated heterocycles. The van der Waals surface area contributed by atoms with Gasteiger partial charge in [0.1, 0.15) is 16.3 Å². The molecule has 2 aromatic carbocycles. The number of thiazole rings is 1. The van der Waals surface area contributed by atoms with E-state index in [1.54, 1.807) is 25.1 Å². The van der Waals surface area contributed by atoms with E-state index < -0.39 is 17.6 Å². The van der Waals surface area contributed by atoms with E-state index in [2.05, 4.69) is 4.98 Å². The summed E-state index contributed by atoms with van der Waals surface area (Å²) in [6, 6.07) is 11.0. The van der Waals surface area contributed by atoms with Crippen LogP contribution in [-0.4, -0.2) is 22.1 Å². The zero-order chi connectivity index (χ0) is 20.5. The lowest BCUT2D eigenvalue weighted by atomic mass is 10.1. The topological polar surface area (TPSA) is 61.2 Å². The third-order valence-corrected chi connectivity index (χ3v) is 5.55. The Bertz CT molecular complexity index is 1260. The van der Waals surface area contributed by atoms with Gasteiger partial charge in [-0.05, 0) is 36.6 Å². The summed E-state index contributed by atoms with van der Waals surface area (Å²) in [7, 11) is 0. The van der Waals surface area contributed by atoms with Crippen molar-refractivity contribution >= 4 is 38.4 Å². The molecule has 0 bridgehead atoms. The molecule has 0 N–H and O–H groups in total. The van der Waals surface area contributed by atoms with Crippen LogP contribution in [0.4, 0.5) is 8.78 Å². The van der Waals surface area contributed by atoms with Gasteiger partial charge >= 0.3 is 5.97 Å². The quantitative estimate of drug-likeness (QED) is 0.463. The fraction of sp³-hybridized carbons (Fsp3) is 0.190. The van der Waals surface area contributed by atoms with Gasteiger partial charge in [-0.25, -0.2) is 13.8 Å². The molecule has 0 atom stereocenters. The highest BCUT2D eigenvalue weighted by Crippen LogP contribution is 2.28. The van der Waals surface area contributed by atoms with E-state index in [1.165, 1.54) is 4.57 Å². The molecule has 0 aliphatic rings. The van der Waals surface area contributed by atoms with Crippen molar-refractivity contribution < 1.29 is 18.3 Å². The molecule has 5 nitrogen and oxygen atoms in total. The maximum atomic E-state index is 14.0. The van der Waals surface area contributed by atoms with Crippen molar-refractivity contribution in [1.82, 2.24) is 9.55 Å². The number of pyridine rings is 1. The number of carbonyl (C=O) groups excluding carboxylic acids is 1. The number of aromatic nitrogens is 2. The van der Waals surface area contributed by atoms with Crippen LogP contribution in [0.2, 0.25) is 0 Å². The molecule has 0 fully saturated rings. The predicted molar refractivity (Wildman–Crippen MR) is 107 cm³/mol. The van der Waals surface area contributed by atoms with E-state index in [-0.39, 0.29) is 35.3 Å². The van der Waals surface area contributed by atoms with Gasteiger partial charge in [-0.2, -0.15) is 0 Å². The number of nitrogens with zero attached hydrogens (tertiary/aromatic N) is 2. The second-order valence-corrected chi connectivity index (χ2v) is 7.50. The lowest BCUT2D eigenvalue weighted by molar-refractivity contribution is -0.142. The highest BCUT2D eigenvalue weighted by Gasteiger charge is 2.17. The van der Waals surface area contributed by atoms with E-state index >= 15 is 0 Å². The summed E-state index contributed by atoms with van der Waals surface area (Å²) in [6.45, 7) is 1.96. The second-order valence-electron chi connectivity index (χ2n) is 6.42. The van der Waals surface area contributed by atoms with Crippen LogP contribution in [0.25, 0.3) is 21.1 Å². The third kappa shape index (κ3) is 3.63. The first-order valence-corrected chi connectivity index (χ1v) is 9.80. The van der Waals surface area contributed by atoms with E-state index in [0.29, 0.717) is 16.1 Å². The molecule has 4 rings (SSSR count). The number of fused-ring (bicyclic) bond motifs is 2. The molecule has 0 radical (unpaired) electrons. The summed E-state index contributed by atoms with van der Waals surface area (Å²) in [5.41, 5.74) is 0.521. The van der Waals surface area contributed by atoms with E-state index in [9.17, 15) is 18.4 Å². The summed E-state index contributed by atoms with van der Waals surface area (Å²) in [5.74, 6) is -1.66. The largest absolute Gasteiger partial charge is 0.466 e. The first-order chi connectivity index (χ1) is 14.0. The molecule has 0 unspecified atom stereocenters. The van der Waals surface area contributed by atoms with Crippen LogP contribution in [0.1, 0.15) is 17.5 Å². The van der Waals surface area contributed by atoms with Gasteiger partial charge in [-0.1, -0.05) is 18.2 Å². The molecule has 0 spiro atoms. The van der Waals surface area contributed by atoms with Gasteiger partial charge in [0.2, 0.25) is 0 Å². The molecule has 8 heteroatoms. The highest BCUT2D eigenvalue weighted by molar-refractivity contribution is 7.18. The summed E-state index contributed by atoms with van der Waals surface area (Å²) in [4.78, 5) is 29.1. The van der Waals surface area contributed by atoms with E-state index in [1.807, 2.05) is 12.1 Å². The zero-order valence-electron chi connectivity index (χ0n) is 15.4. The number of benzene rings is 2. The molecule has 0 saturated carbocycles. The Balaban J connectivity index is 1.83. The smallest absolute Gasteiger partial charge is 0.310 e. The first-order valence-electron chi connectivity index (χ1n) is 8.98. The van der Waals surface area contributed by atoms with Crippen molar-refractivity contribution in [2.24, 2.45) is 0 Å². The molecular weight excluding hydrogens is 398 g/mol. The number of ether oxygens (including phenoxy) is 1. The maximum Gasteiger partial charge on any atom is 0.310 e. The van der Waals surface area contributed by atoms with Crippen molar-refractivity contribution in [2.45, 2.75) is 19.9 Å². The Hall–Kier alpha value is -3.13. The van der Waals surface area contributed by atoms with Crippen LogP contribution in [-0.2, 0) is 22.5 Å². The molecule has 29 heavy (non-hydrogen) atoms. The Kier molecular flexibility index (Phi) is 5.10. The Morgan fingerprint density at radius 3 is 2.69 bits per heavy atom. The maximum absolute atomic E-state index is 14.0. The van der Waals surface area contributed by atoms with E-state index in [0.717, 1.165) is 28.9 Å². The zero-order valence-corrected chi connectivity index (χ0v) is 16.3. The highest BCUT2D eigenvalue weighted by atomic mass is 32.1. The van der Waals surface area contributed by atoms with Crippen LogP contribution in [0.3, 0.4) is 0 Å². The number of halogens is 2. The molecule has 2 heterocycles. The van der Waals surface area contributed by atoms with Crippen molar-refractivity contribution in [2.75, 3.05) is 6.61 Å². The standard InChI is InChI=1S/C21H16F2N2O3S/c1-2-28-18(26)10-13-9-12-5-3-4-6-16(12)25(21(13)27)11-17-24-19-14(22)7-8-15(23)20(19)29-17/h3-9H,2,10-11H2,1H3. The fourth-order valence-corrected chi connectivity index (χ4v) is 4.20. The van der Waals surface area contributed by atoms with Crippen molar-refractivity contribution in [3.63, 3.8) is 0 Å². The van der Waals surface area contributed by atoms with Gasteiger partial charge in [0.15, 0.2) is 5.82 Å². The van der Waals surface area contributed by atoms with Crippen LogP contribution < -0.4 is 5.56 Å². The molecule has 2 aromatic heterocycles. The lowest BCUT2D eigenvalue weighted by Crippen LogP contribution is -2.26. The number of para-hydroxylation sites is 1. The normalized spacial score (nSPS) is 11.3. The number of carbonyl (C=O) groups is 1. The van der Waals surface area contributed by atoms with Crippen molar-refractivity contribution in [3.8, 4) is 0 Å². The SMILES string of the molecule is CCOC(=O)Cc1cc2ccccc2n(Cc2nc3c(F)ccc(F)c3s2)c1=O. The Labute approximate surface area is 168 Å². The third-order valence-electron chi connectivity index (χ3n) is 4.50. The molecular formula is C21H16F2N2O3S. The van der Waals surface area contributed by atoms with Gasteiger partial charge in [0.05, 0.1) is 29.8 Å². The lowest BCUT2D eigenvalue weighted by Gasteiger charge is -2.11. The minimum absolute atomic E-state index is 0.0360. The summed E-state index contributed by atoms with van der Waals surface area (Å²) < 4.78 is 34.5. The number of hydrogen-bond donors (Lipinski definition) is 0. The van der Waals surface area contributed by atoms with Crippen LogP contribution in [0, 0.1) is 11.6 Å². The molecule has 148 valence electrons. The summed E-state index contributed by atoms with van der Waals surface area (Å²) in [5, 5.41) is 1.16. The number of hydrogen-bond acceptors (Lipinski definition) is 5. The van der Waals surface area contributed by atoms with Crippen molar-refractivity contribution in [1.29, 1.82) is 0 Å². The van der Waals surface area contributed by atoms with Gasteiger partial charge in [0, 0.05) is 5.56 Å². The minimum Gasteiger partial charge on any atom is -0.466 e. The van der Waals surface area contributed by atoms with Crippen LogP contribution in [0.5, 0.6) is 0 Å². The van der Waals surface area contributed by atoms with Gasteiger partial charge < -0.3 is 9.30 Å². The monoisotopic (exact) mass is 414 g/mol. The number of rotatable bonds is 5. The average molecular weight is 414 g/mol. The van der Waals surface area contributed by atoms with Crippen LogP contribution in [0.15, 0.2) is 47.3 Å². The molecule has 4 aromatic rings. The molecule has 0 aliphatic heterocycles. The molecule has 0 aliphatic carbocycles. The summed E-state index contributed by atoms with van der Waals surface area (Å²) >= 11 is 1.00. The number of esters is 1. The van der Waals surface area contributed by atoms with Gasteiger partial charge in [0.25, 0.3) is 5.56 Å². The van der Waals surface area contributed by atoms with Gasteiger partial charge in [-0.15, -0.1) is 11.3 Å². The first kappa shape index (κ1) is 19.2. The fourth-order valence-electron chi connectivity index (χ4n) is 3.23. The Morgan fingerprint density at radius 1 is 1.17 bits per heavy atom. The minimum atomic E-state index is -0.614. The van der Waals surface area contributed by atoms with E-state index in [4.69, 9.17) is 4.74 Å².